The van der Waals surface area contributed by atoms with E-state index in [1.807, 2.05) is 92.7 Å². The predicted octanol–water partition coefficient (Wildman–Crippen LogP) is 7.90. The lowest BCUT2D eigenvalue weighted by Gasteiger charge is -2.14. The fraction of sp³-hybridized carbons (Fsp3) is 0.0741. The van der Waals surface area contributed by atoms with Crippen LogP contribution >= 0.6 is 11.6 Å². The second-order valence-electron chi connectivity index (χ2n) is 8.20. The van der Waals surface area contributed by atoms with Crippen LogP contribution in [0.25, 0.3) is 10.8 Å². The zero-order valence-corrected chi connectivity index (χ0v) is 20.3. The lowest BCUT2D eigenvalue weighted by Crippen LogP contribution is -2.04. The Bertz CT molecular complexity index is 1570. The molecule has 1 aromatic heterocycles. The van der Waals surface area contributed by atoms with Gasteiger partial charge in [-0.3, -0.25) is 0 Å². The van der Waals surface area contributed by atoms with Crippen molar-refractivity contribution < 1.29 is 5.11 Å². The summed E-state index contributed by atoms with van der Waals surface area (Å²) in [5, 5.41) is 27.7. The molecule has 0 radical (unpaired) electrons. The quantitative estimate of drug-likeness (QED) is 0.206. The Morgan fingerprint density at radius 3 is 2.17 bits per heavy atom. The second-order valence-corrected chi connectivity index (χ2v) is 8.54. The lowest BCUT2D eigenvalue weighted by molar-refractivity contribution is 0.482. The molecular weight excluding hydrogens is 474 g/mol. The minimum absolute atomic E-state index is 0.00923. The number of para-hydroxylation sites is 1. The second kappa shape index (κ2) is 9.97. The molecule has 9 heteroatoms. The van der Waals surface area contributed by atoms with Crippen molar-refractivity contribution in [3.05, 3.63) is 95.3 Å². The molecule has 0 atom stereocenters. The first-order valence-corrected chi connectivity index (χ1v) is 11.6. The van der Waals surface area contributed by atoms with E-state index in [0.717, 1.165) is 22.2 Å². The molecule has 4 aromatic carbocycles. The normalized spacial score (nSPS) is 11.2. The molecule has 0 aliphatic heterocycles. The predicted molar refractivity (Wildman–Crippen MR) is 144 cm³/mol. The molecule has 5 aromatic rings. The van der Waals surface area contributed by atoms with E-state index in [1.54, 1.807) is 0 Å². The van der Waals surface area contributed by atoms with Crippen LogP contribution in [0.5, 0.6) is 5.75 Å². The molecule has 0 amide bonds. The van der Waals surface area contributed by atoms with Gasteiger partial charge in [0.2, 0.25) is 17.2 Å². The van der Waals surface area contributed by atoms with Crippen molar-refractivity contribution in [1.29, 1.82) is 0 Å². The van der Waals surface area contributed by atoms with E-state index < -0.39 is 0 Å². The molecule has 0 spiro atoms. The van der Waals surface area contributed by atoms with Crippen LogP contribution in [0.4, 0.5) is 34.6 Å². The van der Waals surface area contributed by atoms with E-state index in [0.29, 0.717) is 22.4 Å². The Kier molecular flexibility index (Phi) is 6.42. The van der Waals surface area contributed by atoms with Gasteiger partial charge in [-0.2, -0.15) is 20.1 Å². The number of nitrogens with zero attached hydrogens (tertiary/aromatic N) is 5. The average Bonchev–Trinajstić information content (AvgIpc) is 2.84. The fourth-order valence-electron chi connectivity index (χ4n) is 3.86. The smallest absolute Gasteiger partial charge is 0.233 e. The van der Waals surface area contributed by atoms with Crippen molar-refractivity contribution in [2.45, 2.75) is 13.8 Å². The van der Waals surface area contributed by atoms with Crippen LogP contribution in [0.1, 0.15) is 11.1 Å². The number of rotatable bonds is 6. The standard InChI is InChI=1S/C27H22ClN7O/c1-16-13-18-15-17(2)23(35-34-20-11-7-4-8-12-20)24(36)22(18)21(14-16)30-27-32-25(28)31-26(33-27)29-19-9-5-3-6-10-19/h3-15,36H,1-2H3,(H2,29,30,31,32,33). The van der Waals surface area contributed by atoms with Crippen LogP contribution in [-0.2, 0) is 0 Å². The van der Waals surface area contributed by atoms with Gasteiger partial charge in [0, 0.05) is 11.1 Å². The third-order valence-corrected chi connectivity index (χ3v) is 5.60. The van der Waals surface area contributed by atoms with Gasteiger partial charge in [-0.25, -0.2) is 0 Å². The summed E-state index contributed by atoms with van der Waals surface area (Å²) in [6.07, 6.45) is 0. The summed E-state index contributed by atoms with van der Waals surface area (Å²) in [5.41, 5.74) is 4.29. The summed E-state index contributed by atoms with van der Waals surface area (Å²) in [6, 6.07) is 24.7. The minimum atomic E-state index is 0.00923. The van der Waals surface area contributed by atoms with E-state index in [1.165, 1.54) is 0 Å². The summed E-state index contributed by atoms with van der Waals surface area (Å²) in [6.45, 7) is 3.87. The largest absolute Gasteiger partial charge is 0.505 e. The Balaban J connectivity index is 1.55. The van der Waals surface area contributed by atoms with Crippen LogP contribution in [0.3, 0.4) is 0 Å². The van der Waals surface area contributed by atoms with Crippen molar-refractivity contribution in [3.63, 3.8) is 0 Å². The molecule has 0 fully saturated rings. The van der Waals surface area contributed by atoms with Gasteiger partial charge in [0.25, 0.3) is 0 Å². The topological polar surface area (TPSA) is 108 Å². The first kappa shape index (κ1) is 23.2. The van der Waals surface area contributed by atoms with Crippen molar-refractivity contribution in [2.24, 2.45) is 10.2 Å². The van der Waals surface area contributed by atoms with Gasteiger partial charge in [-0.05, 0) is 78.4 Å². The summed E-state index contributed by atoms with van der Waals surface area (Å²) in [7, 11) is 0. The number of halogens is 1. The van der Waals surface area contributed by atoms with E-state index in [2.05, 4.69) is 35.8 Å². The van der Waals surface area contributed by atoms with Gasteiger partial charge < -0.3 is 15.7 Å². The zero-order chi connectivity index (χ0) is 25.1. The van der Waals surface area contributed by atoms with Crippen LogP contribution in [0.15, 0.2) is 89.1 Å². The maximum Gasteiger partial charge on any atom is 0.233 e. The molecule has 0 bridgehead atoms. The molecule has 1 heterocycles. The number of phenols is 1. The van der Waals surface area contributed by atoms with Crippen molar-refractivity contribution >= 4 is 57.0 Å². The fourth-order valence-corrected chi connectivity index (χ4v) is 4.02. The highest BCUT2D eigenvalue weighted by Crippen LogP contribution is 2.43. The summed E-state index contributed by atoms with van der Waals surface area (Å²) in [4.78, 5) is 12.8. The Morgan fingerprint density at radius 1 is 0.778 bits per heavy atom. The molecule has 8 nitrogen and oxygen atoms in total. The molecule has 3 N–H and O–H groups in total. The van der Waals surface area contributed by atoms with Gasteiger partial charge in [0.15, 0.2) is 5.75 Å². The zero-order valence-electron chi connectivity index (χ0n) is 19.6. The number of nitrogens with one attached hydrogen (secondary N) is 2. The Morgan fingerprint density at radius 2 is 1.44 bits per heavy atom. The highest BCUT2D eigenvalue weighted by Gasteiger charge is 2.16. The third-order valence-electron chi connectivity index (χ3n) is 5.43. The summed E-state index contributed by atoms with van der Waals surface area (Å²) >= 11 is 6.19. The molecule has 0 aliphatic rings. The van der Waals surface area contributed by atoms with E-state index >= 15 is 0 Å². The van der Waals surface area contributed by atoms with Gasteiger partial charge in [-0.1, -0.05) is 42.5 Å². The first-order chi connectivity index (χ1) is 17.5. The Hall–Kier alpha value is -4.56. The van der Waals surface area contributed by atoms with Gasteiger partial charge >= 0.3 is 0 Å². The SMILES string of the molecule is Cc1cc(Nc2nc(Cl)nc(Nc3ccccc3)n2)c2c(O)c(N=Nc3ccccc3)c(C)cc2c1. The van der Waals surface area contributed by atoms with E-state index in [9.17, 15) is 5.11 Å². The number of benzene rings is 4. The minimum Gasteiger partial charge on any atom is -0.505 e. The molecule has 0 unspecified atom stereocenters. The van der Waals surface area contributed by atoms with E-state index in [4.69, 9.17) is 11.6 Å². The molecule has 36 heavy (non-hydrogen) atoms. The number of azo groups is 1. The molecule has 178 valence electrons. The number of aryl methyl sites for hydroxylation is 2. The van der Waals surface area contributed by atoms with Crippen LogP contribution in [0.2, 0.25) is 5.28 Å². The summed E-state index contributed by atoms with van der Waals surface area (Å²) < 4.78 is 0. The maximum absolute atomic E-state index is 11.3. The van der Waals surface area contributed by atoms with E-state index in [-0.39, 0.29) is 22.9 Å². The van der Waals surface area contributed by atoms with Crippen LogP contribution in [0, 0.1) is 13.8 Å². The number of fused-ring (bicyclic) bond motifs is 1. The highest BCUT2D eigenvalue weighted by molar-refractivity contribution is 6.28. The molecular formula is C27H22ClN7O. The lowest BCUT2D eigenvalue weighted by atomic mass is 10.0. The average molecular weight is 496 g/mol. The molecule has 0 saturated heterocycles. The van der Waals surface area contributed by atoms with Crippen LogP contribution in [-0.4, -0.2) is 20.1 Å². The Labute approximate surface area is 212 Å². The van der Waals surface area contributed by atoms with Crippen molar-refractivity contribution in [1.82, 2.24) is 15.0 Å². The van der Waals surface area contributed by atoms with Gasteiger partial charge in [0.05, 0.1) is 11.4 Å². The number of anilines is 4. The summed E-state index contributed by atoms with van der Waals surface area (Å²) in [5.74, 6) is 0.529. The third kappa shape index (κ3) is 5.08. The number of aromatic nitrogens is 3. The van der Waals surface area contributed by atoms with Crippen LogP contribution < -0.4 is 10.6 Å². The number of aromatic hydroxyl groups is 1. The van der Waals surface area contributed by atoms with Gasteiger partial charge in [0.1, 0.15) is 5.69 Å². The number of hydrogen-bond donors (Lipinski definition) is 3. The van der Waals surface area contributed by atoms with Gasteiger partial charge in [-0.15, -0.1) is 5.11 Å². The maximum atomic E-state index is 11.3. The first-order valence-electron chi connectivity index (χ1n) is 11.2. The monoisotopic (exact) mass is 495 g/mol. The molecule has 0 saturated carbocycles. The molecule has 0 aliphatic carbocycles. The molecule has 5 rings (SSSR count). The highest BCUT2D eigenvalue weighted by atomic mass is 35.5. The van der Waals surface area contributed by atoms with Crippen molar-refractivity contribution in [3.8, 4) is 5.75 Å². The number of phenolic OH excluding ortho intramolecular Hbond substituents is 1. The van der Waals surface area contributed by atoms with Crippen molar-refractivity contribution in [2.75, 3.05) is 10.6 Å². The number of hydrogen-bond acceptors (Lipinski definition) is 8.